The van der Waals surface area contributed by atoms with Crippen LogP contribution in [-0.2, 0) is 9.05 Å². The molecule has 1 rings (SSSR count). The molecule has 0 aromatic heterocycles. The first-order valence-corrected chi connectivity index (χ1v) is 9.07. The Bertz CT molecular complexity index is 646. The number of benzene rings is 1. The lowest BCUT2D eigenvalue weighted by Gasteiger charge is -2.18. The number of hydrogen-bond donors (Lipinski definition) is 1. The molecule has 1 N–H and O–H groups in total. The van der Waals surface area contributed by atoms with Crippen molar-refractivity contribution in [1.29, 1.82) is 0 Å². The van der Waals surface area contributed by atoms with Crippen molar-refractivity contribution in [3.63, 3.8) is 0 Å². The van der Waals surface area contributed by atoms with Gasteiger partial charge >= 0.3 is 0 Å². The number of hydrogen-bond acceptors (Lipinski definition) is 3. The van der Waals surface area contributed by atoms with Gasteiger partial charge in [-0.3, -0.25) is 4.79 Å². The van der Waals surface area contributed by atoms with Crippen molar-refractivity contribution in [3.05, 3.63) is 28.8 Å². The van der Waals surface area contributed by atoms with Crippen LogP contribution in [0.25, 0.3) is 0 Å². The maximum absolute atomic E-state index is 12.2. The highest BCUT2D eigenvalue weighted by molar-refractivity contribution is 8.13. The summed E-state index contributed by atoms with van der Waals surface area (Å²) in [5, 5.41) is 2.83. The van der Waals surface area contributed by atoms with Crippen molar-refractivity contribution >= 4 is 25.6 Å². The molecule has 1 amide bonds. The van der Waals surface area contributed by atoms with E-state index in [1.165, 1.54) is 12.1 Å². The van der Waals surface area contributed by atoms with Gasteiger partial charge in [-0.15, -0.1) is 0 Å². The summed E-state index contributed by atoms with van der Waals surface area (Å²) in [5.74, 6) is -0.276. The number of amides is 1. The maximum atomic E-state index is 12.2. The summed E-state index contributed by atoms with van der Waals surface area (Å²) in [5.41, 5.74) is 1.95. The number of aryl methyl sites for hydroxylation is 1. The smallest absolute Gasteiger partial charge is 0.261 e. The Morgan fingerprint density at radius 2 is 1.81 bits per heavy atom. The molecule has 0 aliphatic heterocycles. The van der Waals surface area contributed by atoms with E-state index >= 15 is 0 Å². The minimum atomic E-state index is -3.85. The van der Waals surface area contributed by atoms with Gasteiger partial charge in [-0.2, -0.15) is 0 Å². The van der Waals surface area contributed by atoms with Crippen LogP contribution in [0.15, 0.2) is 17.0 Å². The first kappa shape index (κ1) is 18.0. The Balaban J connectivity index is 3.02. The van der Waals surface area contributed by atoms with Gasteiger partial charge in [-0.25, -0.2) is 8.42 Å². The summed E-state index contributed by atoms with van der Waals surface area (Å²) in [6.07, 6.45) is 0.838. The third-order valence-electron chi connectivity index (χ3n) is 3.33. The predicted molar refractivity (Wildman–Crippen MR) is 85.4 cm³/mol. The zero-order chi connectivity index (χ0) is 16.4. The fourth-order valence-electron chi connectivity index (χ4n) is 1.85. The molecular weight excluding hydrogens is 310 g/mol. The van der Waals surface area contributed by atoms with Crippen molar-refractivity contribution in [2.45, 2.75) is 45.9 Å². The summed E-state index contributed by atoms with van der Waals surface area (Å²) in [7, 11) is 1.51. The van der Waals surface area contributed by atoms with Gasteiger partial charge in [0.2, 0.25) is 0 Å². The fraction of sp³-hybridized carbons (Fsp3) is 0.533. The zero-order valence-electron chi connectivity index (χ0n) is 13.1. The van der Waals surface area contributed by atoms with Gasteiger partial charge in [0.1, 0.15) is 0 Å². The lowest BCUT2D eigenvalue weighted by molar-refractivity contribution is 0.0948. The van der Waals surface area contributed by atoms with Crippen molar-refractivity contribution in [2.24, 2.45) is 5.41 Å². The van der Waals surface area contributed by atoms with E-state index < -0.39 is 9.05 Å². The molecule has 4 nitrogen and oxygen atoms in total. The van der Waals surface area contributed by atoms with Gasteiger partial charge in [0.15, 0.2) is 0 Å². The molecule has 0 fully saturated rings. The monoisotopic (exact) mass is 331 g/mol. The number of rotatable bonds is 4. The third-order valence-corrected chi connectivity index (χ3v) is 4.66. The molecule has 0 unspecified atom stereocenters. The quantitative estimate of drug-likeness (QED) is 0.860. The second-order valence-electron chi connectivity index (χ2n) is 6.42. The van der Waals surface area contributed by atoms with Crippen LogP contribution >= 0.6 is 10.7 Å². The Hall–Kier alpha value is -1.07. The highest BCUT2D eigenvalue weighted by Gasteiger charge is 2.18. The predicted octanol–water partition coefficient (Wildman–Crippen LogP) is 3.40. The fourth-order valence-corrected chi connectivity index (χ4v) is 2.69. The van der Waals surface area contributed by atoms with Crippen LogP contribution in [0, 0.1) is 19.3 Å². The average Bonchev–Trinajstić information content (AvgIpc) is 2.29. The molecule has 21 heavy (non-hydrogen) atoms. The van der Waals surface area contributed by atoms with Crippen LogP contribution < -0.4 is 5.32 Å². The van der Waals surface area contributed by atoms with Crippen LogP contribution in [0.3, 0.4) is 0 Å². The molecule has 0 atom stereocenters. The molecule has 1 aromatic rings. The second-order valence-corrected chi connectivity index (χ2v) is 8.98. The number of halogens is 1. The van der Waals surface area contributed by atoms with Crippen molar-refractivity contribution < 1.29 is 13.2 Å². The van der Waals surface area contributed by atoms with Crippen molar-refractivity contribution in [2.75, 3.05) is 6.54 Å². The molecule has 0 aliphatic carbocycles. The van der Waals surface area contributed by atoms with Gasteiger partial charge in [-0.1, -0.05) is 20.8 Å². The van der Waals surface area contributed by atoms with Gasteiger partial charge in [-0.05, 0) is 48.9 Å². The SMILES string of the molecule is Cc1cc(S(=O)(=O)Cl)cc(C(=O)NCCC(C)(C)C)c1C. The van der Waals surface area contributed by atoms with E-state index in [-0.39, 0.29) is 16.2 Å². The first-order valence-electron chi connectivity index (χ1n) is 6.76. The topological polar surface area (TPSA) is 63.2 Å². The van der Waals surface area contributed by atoms with Crippen LogP contribution in [0.2, 0.25) is 0 Å². The van der Waals surface area contributed by atoms with Crippen LogP contribution in [0.4, 0.5) is 0 Å². The molecule has 6 heteroatoms. The molecule has 0 spiro atoms. The molecule has 0 heterocycles. The molecule has 1 aromatic carbocycles. The van der Waals surface area contributed by atoms with Crippen molar-refractivity contribution in [1.82, 2.24) is 5.32 Å². The molecule has 118 valence electrons. The lowest BCUT2D eigenvalue weighted by Crippen LogP contribution is -2.28. The lowest BCUT2D eigenvalue weighted by atomic mass is 9.92. The van der Waals surface area contributed by atoms with E-state index in [1.807, 2.05) is 0 Å². The van der Waals surface area contributed by atoms with Gasteiger partial charge in [0.05, 0.1) is 4.90 Å². The minimum absolute atomic E-state index is 0.0479. The summed E-state index contributed by atoms with van der Waals surface area (Å²) in [6, 6.07) is 2.81. The standard InChI is InChI=1S/C15H22ClNO3S/c1-10-8-12(21(16,19)20)9-13(11(10)2)14(18)17-7-6-15(3,4)5/h8-9H,6-7H2,1-5H3,(H,17,18). The van der Waals surface area contributed by atoms with Gasteiger partial charge in [0, 0.05) is 22.8 Å². The second kappa shape index (κ2) is 6.36. The van der Waals surface area contributed by atoms with Gasteiger partial charge < -0.3 is 5.32 Å². The highest BCUT2D eigenvalue weighted by atomic mass is 35.7. The van der Waals surface area contributed by atoms with Gasteiger partial charge in [0.25, 0.3) is 15.0 Å². The number of nitrogens with one attached hydrogen (secondary N) is 1. The normalized spacial score (nSPS) is 12.3. The van der Waals surface area contributed by atoms with E-state index in [0.29, 0.717) is 12.1 Å². The zero-order valence-corrected chi connectivity index (χ0v) is 14.7. The number of carbonyl (C=O) groups excluding carboxylic acids is 1. The van der Waals surface area contributed by atoms with Crippen LogP contribution in [0.5, 0.6) is 0 Å². The van der Waals surface area contributed by atoms with E-state index in [0.717, 1.165) is 17.5 Å². The molecule has 0 saturated heterocycles. The minimum Gasteiger partial charge on any atom is -0.352 e. The Morgan fingerprint density at radius 3 is 2.29 bits per heavy atom. The summed E-state index contributed by atoms with van der Waals surface area (Å²) in [6.45, 7) is 10.4. The molecule has 0 bridgehead atoms. The summed E-state index contributed by atoms with van der Waals surface area (Å²) in [4.78, 5) is 12.2. The highest BCUT2D eigenvalue weighted by Crippen LogP contribution is 2.23. The summed E-state index contributed by atoms with van der Waals surface area (Å²) < 4.78 is 22.9. The van der Waals surface area contributed by atoms with E-state index in [2.05, 4.69) is 26.1 Å². The molecule has 0 aliphatic rings. The van der Waals surface area contributed by atoms with E-state index in [1.54, 1.807) is 13.8 Å². The van der Waals surface area contributed by atoms with E-state index in [9.17, 15) is 13.2 Å². The number of carbonyl (C=O) groups is 1. The first-order chi connectivity index (χ1) is 9.42. The van der Waals surface area contributed by atoms with Crippen LogP contribution in [-0.4, -0.2) is 20.9 Å². The molecular formula is C15H22ClNO3S. The third kappa shape index (κ3) is 5.32. The van der Waals surface area contributed by atoms with Crippen LogP contribution in [0.1, 0.15) is 48.7 Å². The Labute approximate surface area is 131 Å². The van der Waals surface area contributed by atoms with Crippen molar-refractivity contribution in [3.8, 4) is 0 Å². The summed E-state index contributed by atoms with van der Waals surface area (Å²) >= 11 is 0. The molecule has 0 saturated carbocycles. The molecule has 0 radical (unpaired) electrons. The largest absolute Gasteiger partial charge is 0.352 e. The Morgan fingerprint density at radius 1 is 1.24 bits per heavy atom. The van der Waals surface area contributed by atoms with E-state index in [4.69, 9.17) is 10.7 Å². The Kier molecular flexibility index (Phi) is 5.45. The average molecular weight is 332 g/mol. The maximum Gasteiger partial charge on any atom is 0.261 e.